The second kappa shape index (κ2) is 5.32. The van der Waals surface area contributed by atoms with Crippen LogP contribution in [0.2, 0.25) is 0 Å². The molecule has 21 heavy (non-hydrogen) atoms. The maximum Gasteiger partial charge on any atom is 0.272 e. The van der Waals surface area contributed by atoms with E-state index in [0.717, 1.165) is 11.0 Å². The number of para-hydroxylation sites is 2. The van der Waals surface area contributed by atoms with Gasteiger partial charge in [0.15, 0.2) is 5.78 Å². The molecule has 0 saturated heterocycles. The normalized spacial score (nSPS) is 10.7. The van der Waals surface area contributed by atoms with Gasteiger partial charge < -0.3 is 4.57 Å². The first-order valence-corrected chi connectivity index (χ1v) is 6.70. The highest BCUT2D eigenvalue weighted by atomic mass is 16.1. The van der Waals surface area contributed by atoms with Crippen LogP contribution >= 0.6 is 0 Å². The van der Waals surface area contributed by atoms with Crippen molar-refractivity contribution in [1.29, 1.82) is 0 Å². The molecule has 1 aromatic heterocycles. The van der Waals surface area contributed by atoms with Gasteiger partial charge in [0, 0.05) is 12.6 Å². The van der Waals surface area contributed by atoms with E-state index in [0.29, 0.717) is 5.56 Å². The molecule has 0 spiro atoms. The van der Waals surface area contributed by atoms with Crippen molar-refractivity contribution in [2.45, 2.75) is 6.42 Å². The Hall–Kier alpha value is -2.75. The van der Waals surface area contributed by atoms with Gasteiger partial charge in [-0.2, -0.15) is 0 Å². The fourth-order valence-corrected chi connectivity index (χ4v) is 2.33. The first kappa shape index (κ1) is 13.2. The van der Waals surface area contributed by atoms with E-state index in [1.165, 1.54) is 4.57 Å². The maximum absolute atomic E-state index is 12.3. The number of carbonyl (C=O) groups is 1. The summed E-state index contributed by atoms with van der Waals surface area (Å²) in [6, 6.07) is 16.3. The maximum atomic E-state index is 12.3. The van der Waals surface area contributed by atoms with Crippen molar-refractivity contribution in [3.8, 4) is 0 Å². The molecule has 0 bridgehead atoms. The molecule has 0 amide bonds. The minimum atomic E-state index is -0.224. The van der Waals surface area contributed by atoms with Gasteiger partial charge in [-0.15, -0.1) is 0 Å². The fraction of sp³-hybridized carbons (Fsp3) is 0.118. The number of ketones is 1. The van der Waals surface area contributed by atoms with Crippen LogP contribution in [0.1, 0.15) is 16.1 Å². The molecule has 0 aliphatic rings. The summed E-state index contributed by atoms with van der Waals surface area (Å²) < 4.78 is 1.54. The molecular weight excluding hydrogens is 264 g/mol. The molecular formula is C17H14N2O2. The molecule has 0 atom stereocenters. The Morgan fingerprint density at radius 3 is 2.48 bits per heavy atom. The van der Waals surface area contributed by atoms with Crippen LogP contribution in [0.4, 0.5) is 0 Å². The standard InChI is InChI=1S/C17H14N2O2/c1-19-15-10-6-5-9-13(15)18-14(17(19)21)11-16(20)12-7-3-2-4-8-12/h2-10H,11H2,1H3. The number of aromatic nitrogens is 2. The SMILES string of the molecule is Cn1c(=O)c(CC(=O)c2ccccc2)nc2ccccc21. The average molecular weight is 278 g/mol. The first-order valence-electron chi connectivity index (χ1n) is 6.70. The average Bonchev–Trinajstić information content (AvgIpc) is 2.53. The van der Waals surface area contributed by atoms with Crippen LogP contribution in [0.5, 0.6) is 0 Å². The summed E-state index contributed by atoms with van der Waals surface area (Å²) in [7, 11) is 1.70. The third-order valence-electron chi connectivity index (χ3n) is 3.47. The highest BCUT2D eigenvalue weighted by Gasteiger charge is 2.13. The lowest BCUT2D eigenvalue weighted by molar-refractivity contribution is 0.0991. The summed E-state index contributed by atoms with van der Waals surface area (Å²) >= 11 is 0. The zero-order valence-electron chi connectivity index (χ0n) is 11.6. The zero-order chi connectivity index (χ0) is 14.8. The molecule has 104 valence electrons. The quantitative estimate of drug-likeness (QED) is 0.691. The lowest BCUT2D eigenvalue weighted by Crippen LogP contribution is -2.25. The zero-order valence-corrected chi connectivity index (χ0v) is 11.6. The van der Waals surface area contributed by atoms with Gasteiger partial charge in [-0.3, -0.25) is 9.59 Å². The van der Waals surface area contributed by atoms with Crippen LogP contribution in [-0.4, -0.2) is 15.3 Å². The van der Waals surface area contributed by atoms with Crippen molar-refractivity contribution in [2.24, 2.45) is 7.05 Å². The molecule has 3 aromatic rings. The Bertz CT molecular complexity index is 867. The number of hydrogen-bond donors (Lipinski definition) is 0. The minimum absolute atomic E-state index is 0.0154. The van der Waals surface area contributed by atoms with Crippen LogP contribution in [0.15, 0.2) is 59.4 Å². The Balaban J connectivity index is 2.04. The molecule has 0 aliphatic heterocycles. The van der Waals surface area contributed by atoms with Crippen LogP contribution in [0, 0.1) is 0 Å². The molecule has 1 heterocycles. The lowest BCUT2D eigenvalue weighted by Gasteiger charge is -2.07. The smallest absolute Gasteiger partial charge is 0.272 e. The van der Waals surface area contributed by atoms with Gasteiger partial charge in [0.2, 0.25) is 0 Å². The second-order valence-corrected chi connectivity index (χ2v) is 4.88. The van der Waals surface area contributed by atoms with Crippen molar-refractivity contribution in [3.63, 3.8) is 0 Å². The first-order chi connectivity index (χ1) is 10.2. The van der Waals surface area contributed by atoms with Gasteiger partial charge in [0.05, 0.1) is 17.5 Å². The molecule has 0 unspecified atom stereocenters. The number of fused-ring (bicyclic) bond motifs is 1. The summed E-state index contributed by atoms with van der Waals surface area (Å²) in [5, 5.41) is 0. The molecule has 4 nitrogen and oxygen atoms in total. The molecule has 0 aliphatic carbocycles. The second-order valence-electron chi connectivity index (χ2n) is 4.88. The van der Waals surface area contributed by atoms with Crippen molar-refractivity contribution in [2.75, 3.05) is 0 Å². The highest BCUT2D eigenvalue weighted by Crippen LogP contribution is 2.10. The van der Waals surface area contributed by atoms with Crippen molar-refractivity contribution >= 4 is 16.8 Å². The topological polar surface area (TPSA) is 52.0 Å². The van der Waals surface area contributed by atoms with E-state index in [-0.39, 0.29) is 23.5 Å². The number of aryl methyl sites for hydroxylation is 1. The van der Waals surface area contributed by atoms with Crippen LogP contribution < -0.4 is 5.56 Å². The molecule has 0 N–H and O–H groups in total. The summed E-state index contributed by atoms with van der Waals surface area (Å²) in [4.78, 5) is 28.9. The Morgan fingerprint density at radius 1 is 1.05 bits per heavy atom. The van der Waals surface area contributed by atoms with Gasteiger partial charge >= 0.3 is 0 Å². The van der Waals surface area contributed by atoms with Crippen molar-refractivity contribution in [3.05, 3.63) is 76.2 Å². The third kappa shape index (κ3) is 2.48. The molecule has 0 fully saturated rings. The lowest BCUT2D eigenvalue weighted by atomic mass is 10.1. The van der Waals surface area contributed by atoms with Crippen molar-refractivity contribution < 1.29 is 4.79 Å². The highest BCUT2D eigenvalue weighted by molar-refractivity contribution is 5.97. The molecule has 3 rings (SSSR count). The van der Waals surface area contributed by atoms with Crippen molar-refractivity contribution in [1.82, 2.24) is 9.55 Å². The Labute approximate surface area is 121 Å². The summed E-state index contributed by atoms with van der Waals surface area (Å²) in [6.45, 7) is 0. The fourth-order valence-electron chi connectivity index (χ4n) is 2.33. The van der Waals surface area contributed by atoms with Crippen LogP contribution in [0.3, 0.4) is 0 Å². The predicted octanol–water partition coefficient (Wildman–Crippen LogP) is 2.36. The van der Waals surface area contributed by atoms with E-state index >= 15 is 0 Å². The predicted molar refractivity (Wildman–Crippen MR) is 81.5 cm³/mol. The van der Waals surface area contributed by atoms with Crippen LogP contribution in [0.25, 0.3) is 11.0 Å². The van der Waals surface area contributed by atoms with E-state index in [1.54, 1.807) is 31.3 Å². The monoisotopic (exact) mass is 278 g/mol. The number of rotatable bonds is 3. The largest absolute Gasteiger partial charge is 0.308 e. The van der Waals surface area contributed by atoms with Gasteiger partial charge in [-0.1, -0.05) is 42.5 Å². The molecule has 0 radical (unpaired) electrons. The van der Waals surface area contributed by atoms with E-state index in [4.69, 9.17) is 0 Å². The van der Waals surface area contributed by atoms with Gasteiger partial charge in [0.1, 0.15) is 5.69 Å². The van der Waals surface area contributed by atoms with E-state index in [2.05, 4.69) is 4.98 Å². The Kier molecular flexibility index (Phi) is 3.36. The summed E-state index contributed by atoms with van der Waals surface area (Å²) in [5.74, 6) is -0.101. The van der Waals surface area contributed by atoms with E-state index in [1.807, 2.05) is 30.3 Å². The molecule has 0 saturated carbocycles. The third-order valence-corrected chi connectivity index (χ3v) is 3.47. The number of Topliss-reactive ketones (excluding diaryl/α,β-unsaturated/α-hetero) is 1. The minimum Gasteiger partial charge on any atom is -0.308 e. The van der Waals surface area contributed by atoms with Gasteiger partial charge in [-0.05, 0) is 12.1 Å². The Morgan fingerprint density at radius 2 is 1.71 bits per heavy atom. The number of benzene rings is 2. The molecule has 4 heteroatoms. The van der Waals surface area contributed by atoms with Crippen LogP contribution in [-0.2, 0) is 13.5 Å². The van der Waals surface area contributed by atoms with Gasteiger partial charge in [-0.25, -0.2) is 4.98 Å². The van der Waals surface area contributed by atoms with E-state index < -0.39 is 0 Å². The van der Waals surface area contributed by atoms with Gasteiger partial charge in [0.25, 0.3) is 5.56 Å². The molecule has 2 aromatic carbocycles. The summed E-state index contributed by atoms with van der Waals surface area (Å²) in [5.41, 5.74) is 2.13. The summed E-state index contributed by atoms with van der Waals surface area (Å²) in [6.07, 6.45) is 0.0154. The van der Waals surface area contributed by atoms with E-state index in [9.17, 15) is 9.59 Å². The number of hydrogen-bond acceptors (Lipinski definition) is 3. The number of carbonyl (C=O) groups excluding carboxylic acids is 1. The number of nitrogens with zero attached hydrogens (tertiary/aromatic N) is 2.